The largest absolute Gasteiger partial charge is 0.356 e. The highest BCUT2D eigenvalue weighted by Crippen LogP contribution is 2.27. The first kappa shape index (κ1) is 10.2. The summed E-state index contributed by atoms with van der Waals surface area (Å²) in [6, 6.07) is 10.1. The van der Waals surface area contributed by atoms with E-state index in [0.29, 0.717) is 6.42 Å². The van der Waals surface area contributed by atoms with Gasteiger partial charge in [0.2, 0.25) is 5.91 Å². The zero-order valence-corrected chi connectivity index (χ0v) is 8.91. The number of hydrogen-bond donors (Lipinski definition) is 1. The number of aryl methyl sites for hydroxylation is 1. The highest BCUT2D eigenvalue weighted by molar-refractivity contribution is 5.76. The van der Waals surface area contributed by atoms with E-state index in [-0.39, 0.29) is 5.91 Å². The van der Waals surface area contributed by atoms with Crippen molar-refractivity contribution >= 4 is 5.91 Å². The van der Waals surface area contributed by atoms with E-state index >= 15 is 0 Å². The van der Waals surface area contributed by atoms with Crippen molar-refractivity contribution in [1.29, 1.82) is 0 Å². The molecule has 0 spiro atoms. The monoisotopic (exact) mass is 203 g/mol. The Morgan fingerprint density at radius 3 is 2.67 bits per heavy atom. The molecule has 0 atom stereocenters. The van der Waals surface area contributed by atoms with Crippen molar-refractivity contribution in [1.82, 2.24) is 5.32 Å². The van der Waals surface area contributed by atoms with Crippen molar-refractivity contribution < 1.29 is 4.79 Å². The van der Waals surface area contributed by atoms with E-state index < -0.39 is 0 Å². The molecule has 1 amide bonds. The van der Waals surface area contributed by atoms with Gasteiger partial charge in [0.25, 0.3) is 0 Å². The molecule has 0 aliphatic heterocycles. The van der Waals surface area contributed by atoms with E-state index in [0.717, 1.165) is 18.9 Å². The van der Waals surface area contributed by atoms with Gasteiger partial charge in [0, 0.05) is 13.0 Å². The number of hydrogen-bond acceptors (Lipinski definition) is 1. The maximum atomic E-state index is 11.4. The first-order valence-electron chi connectivity index (χ1n) is 5.65. The first-order valence-corrected chi connectivity index (χ1v) is 5.65. The SMILES string of the molecule is O=C(CCc1ccccc1)NCC1CC1. The van der Waals surface area contributed by atoms with Gasteiger partial charge >= 0.3 is 0 Å². The molecule has 0 aromatic heterocycles. The average molecular weight is 203 g/mol. The Hall–Kier alpha value is -1.31. The summed E-state index contributed by atoms with van der Waals surface area (Å²) in [6.07, 6.45) is 4.03. The molecular formula is C13H17NO. The van der Waals surface area contributed by atoms with Crippen molar-refractivity contribution in [2.45, 2.75) is 25.7 Å². The minimum Gasteiger partial charge on any atom is -0.356 e. The lowest BCUT2D eigenvalue weighted by Gasteiger charge is -2.03. The lowest BCUT2D eigenvalue weighted by Crippen LogP contribution is -2.25. The molecule has 1 N–H and O–H groups in total. The molecule has 1 aromatic rings. The first-order chi connectivity index (χ1) is 7.34. The van der Waals surface area contributed by atoms with Gasteiger partial charge in [-0.15, -0.1) is 0 Å². The molecule has 80 valence electrons. The lowest BCUT2D eigenvalue weighted by molar-refractivity contribution is -0.121. The third-order valence-corrected chi connectivity index (χ3v) is 2.77. The van der Waals surface area contributed by atoms with Crippen LogP contribution in [0.4, 0.5) is 0 Å². The van der Waals surface area contributed by atoms with Crippen molar-refractivity contribution in [3.8, 4) is 0 Å². The maximum absolute atomic E-state index is 11.4. The fourth-order valence-corrected chi connectivity index (χ4v) is 1.57. The fourth-order valence-electron chi connectivity index (χ4n) is 1.57. The van der Waals surface area contributed by atoms with Crippen LogP contribution in [-0.2, 0) is 11.2 Å². The zero-order chi connectivity index (χ0) is 10.5. The Morgan fingerprint density at radius 2 is 2.00 bits per heavy atom. The van der Waals surface area contributed by atoms with Crippen LogP contribution >= 0.6 is 0 Å². The van der Waals surface area contributed by atoms with Crippen molar-refractivity contribution in [2.75, 3.05) is 6.54 Å². The Balaban J connectivity index is 1.66. The summed E-state index contributed by atoms with van der Waals surface area (Å²) < 4.78 is 0. The molecule has 1 aliphatic carbocycles. The molecule has 0 radical (unpaired) electrons. The van der Waals surface area contributed by atoms with Gasteiger partial charge in [-0.2, -0.15) is 0 Å². The molecule has 0 unspecified atom stereocenters. The second kappa shape index (κ2) is 4.96. The summed E-state index contributed by atoms with van der Waals surface area (Å²) >= 11 is 0. The second-order valence-electron chi connectivity index (χ2n) is 4.23. The molecule has 1 saturated carbocycles. The van der Waals surface area contributed by atoms with E-state index in [1.807, 2.05) is 18.2 Å². The smallest absolute Gasteiger partial charge is 0.220 e. The van der Waals surface area contributed by atoms with Crippen molar-refractivity contribution in [3.05, 3.63) is 35.9 Å². The van der Waals surface area contributed by atoms with Gasteiger partial charge in [-0.05, 0) is 30.7 Å². The topological polar surface area (TPSA) is 29.1 Å². The lowest BCUT2D eigenvalue weighted by atomic mass is 10.1. The van der Waals surface area contributed by atoms with Crippen LogP contribution in [0.3, 0.4) is 0 Å². The summed E-state index contributed by atoms with van der Waals surface area (Å²) in [7, 11) is 0. The summed E-state index contributed by atoms with van der Waals surface area (Å²) in [5.74, 6) is 0.955. The van der Waals surface area contributed by atoms with E-state index in [1.165, 1.54) is 18.4 Å². The number of carbonyl (C=O) groups excluding carboxylic acids is 1. The number of amides is 1. The van der Waals surface area contributed by atoms with E-state index in [4.69, 9.17) is 0 Å². The standard InChI is InChI=1S/C13H17NO/c15-13(14-10-12-6-7-12)9-8-11-4-2-1-3-5-11/h1-5,12H,6-10H2,(H,14,15). The third kappa shape index (κ3) is 3.74. The molecule has 0 saturated heterocycles. The molecule has 0 heterocycles. The molecule has 1 aromatic carbocycles. The van der Waals surface area contributed by atoms with E-state index in [9.17, 15) is 4.79 Å². The van der Waals surface area contributed by atoms with Crippen LogP contribution in [0.1, 0.15) is 24.8 Å². The summed E-state index contributed by atoms with van der Waals surface area (Å²) in [4.78, 5) is 11.4. The summed E-state index contributed by atoms with van der Waals surface area (Å²) in [5, 5.41) is 2.98. The minimum atomic E-state index is 0.186. The molecule has 15 heavy (non-hydrogen) atoms. The van der Waals surface area contributed by atoms with Crippen LogP contribution in [0.2, 0.25) is 0 Å². The molecule has 2 nitrogen and oxygen atoms in total. The van der Waals surface area contributed by atoms with Crippen molar-refractivity contribution in [2.24, 2.45) is 5.92 Å². The predicted octanol–water partition coefficient (Wildman–Crippen LogP) is 2.15. The van der Waals surface area contributed by atoms with Gasteiger partial charge in [-0.3, -0.25) is 4.79 Å². The van der Waals surface area contributed by atoms with E-state index in [2.05, 4.69) is 17.4 Å². The van der Waals surface area contributed by atoms with Gasteiger partial charge < -0.3 is 5.32 Å². The predicted molar refractivity (Wildman–Crippen MR) is 60.5 cm³/mol. The second-order valence-corrected chi connectivity index (χ2v) is 4.23. The van der Waals surface area contributed by atoms with Crippen LogP contribution in [0.25, 0.3) is 0 Å². The molecule has 1 aliphatic rings. The zero-order valence-electron chi connectivity index (χ0n) is 8.91. The van der Waals surface area contributed by atoms with E-state index in [1.54, 1.807) is 0 Å². The van der Waals surface area contributed by atoms with Crippen LogP contribution in [0, 0.1) is 5.92 Å². The highest BCUT2D eigenvalue weighted by Gasteiger charge is 2.21. The van der Waals surface area contributed by atoms with Crippen LogP contribution in [0.15, 0.2) is 30.3 Å². The summed E-state index contributed by atoms with van der Waals surface area (Å²) in [6.45, 7) is 0.883. The van der Waals surface area contributed by atoms with Crippen LogP contribution in [-0.4, -0.2) is 12.5 Å². The van der Waals surface area contributed by atoms with Crippen LogP contribution < -0.4 is 5.32 Å². The highest BCUT2D eigenvalue weighted by atomic mass is 16.1. The molecule has 1 fully saturated rings. The fraction of sp³-hybridized carbons (Fsp3) is 0.462. The van der Waals surface area contributed by atoms with Gasteiger partial charge in [0.15, 0.2) is 0 Å². The Morgan fingerprint density at radius 1 is 1.27 bits per heavy atom. The number of nitrogens with one attached hydrogen (secondary N) is 1. The number of carbonyl (C=O) groups is 1. The molecular weight excluding hydrogens is 186 g/mol. The maximum Gasteiger partial charge on any atom is 0.220 e. The molecule has 2 rings (SSSR count). The number of benzene rings is 1. The molecule has 2 heteroatoms. The van der Waals surface area contributed by atoms with Crippen LogP contribution in [0.5, 0.6) is 0 Å². The van der Waals surface area contributed by atoms with Gasteiger partial charge in [-0.25, -0.2) is 0 Å². The Labute approximate surface area is 90.7 Å². The minimum absolute atomic E-state index is 0.186. The Bertz CT molecular complexity index is 317. The number of rotatable bonds is 5. The van der Waals surface area contributed by atoms with Crippen molar-refractivity contribution in [3.63, 3.8) is 0 Å². The Kier molecular flexibility index (Phi) is 3.38. The van der Waals surface area contributed by atoms with Gasteiger partial charge in [-0.1, -0.05) is 30.3 Å². The summed E-state index contributed by atoms with van der Waals surface area (Å²) in [5.41, 5.74) is 1.24. The normalized spacial score (nSPS) is 14.9. The van der Waals surface area contributed by atoms with Gasteiger partial charge in [0.05, 0.1) is 0 Å². The van der Waals surface area contributed by atoms with Gasteiger partial charge in [0.1, 0.15) is 0 Å². The average Bonchev–Trinajstić information content (AvgIpc) is 3.09. The quantitative estimate of drug-likeness (QED) is 0.780. The molecule has 0 bridgehead atoms. The third-order valence-electron chi connectivity index (χ3n) is 2.77.